The quantitative estimate of drug-likeness (QED) is 0.802. The second kappa shape index (κ2) is 8.63. The van der Waals surface area contributed by atoms with Gasteiger partial charge in [0.15, 0.2) is 6.10 Å². The number of halogens is 3. The van der Waals surface area contributed by atoms with Gasteiger partial charge in [-0.25, -0.2) is 0 Å². The van der Waals surface area contributed by atoms with Crippen molar-refractivity contribution in [1.82, 2.24) is 15.2 Å². The third-order valence-electron chi connectivity index (χ3n) is 6.01. The average molecular weight is 436 g/mol. The normalized spacial score (nSPS) is 23.8. The molecule has 1 aromatic carbocycles. The highest BCUT2D eigenvalue weighted by atomic mass is 19.4. The van der Waals surface area contributed by atoms with Crippen molar-refractivity contribution in [3.8, 4) is 0 Å². The molecule has 0 bridgehead atoms. The number of ether oxygens (including phenoxy) is 1. The van der Waals surface area contributed by atoms with Crippen LogP contribution in [0, 0.1) is 0 Å². The van der Waals surface area contributed by atoms with E-state index in [9.17, 15) is 18.0 Å². The van der Waals surface area contributed by atoms with Gasteiger partial charge in [0.25, 0.3) is 5.91 Å². The fraction of sp³-hybridized carbons (Fsp3) is 0.545. The zero-order valence-corrected chi connectivity index (χ0v) is 17.7. The molecule has 6 nitrogen and oxygen atoms in total. The van der Waals surface area contributed by atoms with Crippen LogP contribution in [-0.4, -0.2) is 67.3 Å². The summed E-state index contributed by atoms with van der Waals surface area (Å²) in [6.07, 6.45) is -2.26. The van der Waals surface area contributed by atoms with Crippen molar-refractivity contribution in [2.45, 2.75) is 44.2 Å². The molecule has 168 valence electrons. The fourth-order valence-electron chi connectivity index (χ4n) is 4.40. The fourth-order valence-corrected chi connectivity index (χ4v) is 4.40. The van der Waals surface area contributed by atoms with E-state index in [0.717, 1.165) is 32.0 Å². The van der Waals surface area contributed by atoms with Crippen LogP contribution in [0.5, 0.6) is 0 Å². The summed E-state index contributed by atoms with van der Waals surface area (Å²) in [7, 11) is 2.06. The van der Waals surface area contributed by atoms with Gasteiger partial charge in [-0.05, 0) is 64.2 Å². The summed E-state index contributed by atoms with van der Waals surface area (Å²) in [4.78, 5) is 21.0. The van der Waals surface area contributed by atoms with Crippen molar-refractivity contribution in [3.63, 3.8) is 0 Å². The number of carbonyl (C=O) groups is 1. The van der Waals surface area contributed by atoms with E-state index < -0.39 is 17.8 Å². The van der Waals surface area contributed by atoms with Crippen LogP contribution in [-0.2, 0) is 15.7 Å². The molecule has 9 heteroatoms. The zero-order valence-electron chi connectivity index (χ0n) is 17.7. The topological polar surface area (TPSA) is 57.7 Å². The van der Waals surface area contributed by atoms with Gasteiger partial charge in [0.1, 0.15) is 0 Å². The molecule has 2 atom stereocenters. The number of rotatable bonds is 3. The van der Waals surface area contributed by atoms with Gasteiger partial charge in [-0.1, -0.05) is 0 Å². The Balaban J connectivity index is 1.56. The van der Waals surface area contributed by atoms with Gasteiger partial charge in [0, 0.05) is 29.9 Å². The van der Waals surface area contributed by atoms with E-state index in [-0.39, 0.29) is 30.1 Å². The lowest BCUT2D eigenvalue weighted by Crippen LogP contribution is -2.55. The first-order valence-corrected chi connectivity index (χ1v) is 10.6. The Labute approximate surface area is 179 Å². The van der Waals surface area contributed by atoms with Crippen LogP contribution in [0.4, 0.5) is 18.9 Å². The number of fused-ring (bicyclic) bond motifs is 1. The predicted octanol–water partition coefficient (Wildman–Crippen LogP) is 3.06. The lowest BCUT2D eigenvalue weighted by Gasteiger charge is -2.39. The largest absolute Gasteiger partial charge is 0.418 e. The maximum absolute atomic E-state index is 13.4. The van der Waals surface area contributed by atoms with E-state index in [1.54, 1.807) is 12.1 Å². The maximum atomic E-state index is 13.4. The number of nitrogens with zero attached hydrogens (tertiary/aromatic N) is 3. The van der Waals surface area contributed by atoms with Gasteiger partial charge in [-0.3, -0.25) is 9.78 Å². The van der Waals surface area contributed by atoms with E-state index in [4.69, 9.17) is 4.74 Å². The van der Waals surface area contributed by atoms with E-state index in [0.29, 0.717) is 17.6 Å². The van der Waals surface area contributed by atoms with Crippen LogP contribution in [0.15, 0.2) is 30.5 Å². The van der Waals surface area contributed by atoms with Crippen LogP contribution in [0.2, 0.25) is 0 Å². The number of hydrogen-bond acceptors (Lipinski definition) is 5. The van der Waals surface area contributed by atoms with Gasteiger partial charge in [0.05, 0.1) is 23.7 Å². The number of hydrogen-bond donors (Lipinski definition) is 1. The molecule has 2 aliphatic rings. The lowest BCUT2D eigenvalue weighted by atomic mass is 10.0. The highest BCUT2D eigenvalue weighted by Gasteiger charge is 2.36. The standard InChI is InChI=1S/C22H27F3N4O2/c1-14-12-29(13-19(31-14)21(30)27-15-7-10-28(2)11-8-15)18-6-5-17(22(23,24)25)20-16(18)4-3-9-26-20/h3-6,9,14-15,19H,7-8,10-13H2,1-2H3,(H,27,30)/t14-,19-/m1/s1. The predicted molar refractivity (Wildman–Crippen MR) is 112 cm³/mol. The summed E-state index contributed by atoms with van der Waals surface area (Å²) < 4.78 is 46.2. The first-order valence-electron chi connectivity index (χ1n) is 10.6. The van der Waals surface area contributed by atoms with Crippen molar-refractivity contribution < 1.29 is 22.7 Å². The molecule has 2 aromatic rings. The first kappa shape index (κ1) is 21.8. The average Bonchev–Trinajstić information content (AvgIpc) is 2.73. The second-order valence-corrected chi connectivity index (χ2v) is 8.46. The Morgan fingerprint density at radius 1 is 1.19 bits per heavy atom. The SMILES string of the molecule is C[C@@H]1CN(c2ccc(C(F)(F)F)c3ncccc23)C[C@H](C(=O)NC2CCN(C)CC2)O1. The molecule has 2 saturated heterocycles. The molecule has 1 amide bonds. The van der Waals surface area contributed by atoms with Gasteiger partial charge in [-0.2, -0.15) is 13.2 Å². The number of pyridine rings is 1. The number of nitrogens with one attached hydrogen (secondary N) is 1. The van der Waals surface area contributed by atoms with Crippen LogP contribution in [0.1, 0.15) is 25.3 Å². The zero-order chi connectivity index (χ0) is 22.2. The molecule has 0 spiro atoms. The van der Waals surface area contributed by atoms with Crippen LogP contribution >= 0.6 is 0 Å². The summed E-state index contributed by atoms with van der Waals surface area (Å²) in [5, 5.41) is 3.51. The minimum atomic E-state index is -4.49. The number of benzene rings is 1. The number of likely N-dealkylation sites (tertiary alicyclic amines) is 1. The van der Waals surface area contributed by atoms with Crippen molar-refractivity contribution in [2.75, 3.05) is 38.1 Å². The molecule has 1 N–H and O–H groups in total. The minimum Gasteiger partial charge on any atom is -0.365 e. The summed E-state index contributed by atoms with van der Waals surface area (Å²) in [6.45, 7) is 4.49. The molecular weight excluding hydrogens is 409 g/mol. The molecular formula is C22H27F3N4O2. The van der Waals surface area contributed by atoms with Crippen LogP contribution in [0.3, 0.4) is 0 Å². The maximum Gasteiger partial charge on any atom is 0.418 e. The van der Waals surface area contributed by atoms with Gasteiger partial charge >= 0.3 is 6.18 Å². The number of alkyl halides is 3. The number of anilines is 1. The number of amides is 1. The van der Waals surface area contributed by atoms with E-state index in [1.165, 1.54) is 12.3 Å². The van der Waals surface area contributed by atoms with E-state index in [1.807, 2.05) is 11.8 Å². The molecule has 3 heterocycles. The summed E-state index contributed by atoms with van der Waals surface area (Å²) in [6, 6.07) is 5.92. The van der Waals surface area contributed by atoms with Crippen LogP contribution in [0.25, 0.3) is 10.9 Å². The monoisotopic (exact) mass is 436 g/mol. The summed E-state index contributed by atoms with van der Waals surface area (Å²) in [5.41, 5.74) is -0.216. The Morgan fingerprint density at radius 3 is 2.65 bits per heavy atom. The molecule has 0 unspecified atom stereocenters. The van der Waals surface area contributed by atoms with Crippen molar-refractivity contribution in [2.24, 2.45) is 0 Å². The lowest BCUT2D eigenvalue weighted by molar-refractivity contribution is -0.138. The minimum absolute atomic E-state index is 0.0843. The number of morpholine rings is 1. The van der Waals surface area contributed by atoms with E-state index in [2.05, 4.69) is 22.2 Å². The van der Waals surface area contributed by atoms with E-state index >= 15 is 0 Å². The molecule has 2 fully saturated rings. The smallest absolute Gasteiger partial charge is 0.365 e. The molecule has 0 saturated carbocycles. The summed E-state index contributed by atoms with van der Waals surface area (Å²) >= 11 is 0. The van der Waals surface area contributed by atoms with Gasteiger partial charge in [-0.15, -0.1) is 0 Å². The van der Waals surface area contributed by atoms with Crippen molar-refractivity contribution in [1.29, 1.82) is 0 Å². The highest BCUT2D eigenvalue weighted by molar-refractivity contribution is 5.94. The molecule has 0 radical (unpaired) electrons. The highest BCUT2D eigenvalue weighted by Crippen LogP contribution is 2.38. The Kier molecular flexibility index (Phi) is 6.07. The molecule has 31 heavy (non-hydrogen) atoms. The molecule has 0 aliphatic carbocycles. The number of piperidine rings is 1. The molecule has 4 rings (SSSR count). The van der Waals surface area contributed by atoms with Gasteiger partial charge in [0.2, 0.25) is 0 Å². The number of carbonyl (C=O) groups excluding carboxylic acids is 1. The molecule has 2 aliphatic heterocycles. The third-order valence-corrected chi connectivity index (χ3v) is 6.01. The van der Waals surface area contributed by atoms with Gasteiger partial charge < -0.3 is 19.9 Å². The Bertz CT molecular complexity index is 944. The Morgan fingerprint density at radius 2 is 1.94 bits per heavy atom. The van der Waals surface area contributed by atoms with Crippen molar-refractivity contribution >= 4 is 22.5 Å². The number of aromatic nitrogens is 1. The molecule has 1 aromatic heterocycles. The third kappa shape index (κ3) is 4.77. The second-order valence-electron chi connectivity index (χ2n) is 8.46. The van der Waals surface area contributed by atoms with Crippen molar-refractivity contribution in [3.05, 3.63) is 36.0 Å². The summed E-state index contributed by atoms with van der Waals surface area (Å²) in [5.74, 6) is -0.166. The Hall–Kier alpha value is -2.39. The first-order chi connectivity index (χ1) is 14.7. The van der Waals surface area contributed by atoms with Crippen LogP contribution < -0.4 is 10.2 Å².